The van der Waals surface area contributed by atoms with E-state index < -0.39 is 20.7 Å². The highest BCUT2D eigenvalue weighted by molar-refractivity contribution is 7.99. The molecule has 9 heteroatoms. The summed E-state index contributed by atoms with van der Waals surface area (Å²) in [5.74, 6) is 3.47. The van der Waals surface area contributed by atoms with Gasteiger partial charge in [-0.15, -0.1) is 0 Å². The van der Waals surface area contributed by atoms with E-state index in [4.69, 9.17) is 11.6 Å². The van der Waals surface area contributed by atoms with Gasteiger partial charge in [0.05, 0.1) is 19.5 Å². The van der Waals surface area contributed by atoms with Gasteiger partial charge >= 0.3 is 6.03 Å². The second-order valence-electron chi connectivity index (χ2n) is 4.49. The molecule has 0 saturated carbocycles. The Morgan fingerprint density at radius 1 is 1.22 bits per heavy atom. The zero-order chi connectivity index (χ0) is 17.0. The van der Waals surface area contributed by atoms with Crippen LogP contribution in [-0.2, 0) is 9.71 Å². The molecule has 0 saturated heterocycles. The number of urea groups is 1. The summed E-state index contributed by atoms with van der Waals surface area (Å²) in [6.45, 7) is 0. The number of hydrogen-bond acceptors (Lipinski definition) is 4. The van der Waals surface area contributed by atoms with Crippen molar-refractivity contribution in [1.29, 1.82) is 0 Å². The number of nitrogens with zero attached hydrogens (tertiary/aromatic N) is 1. The number of amides is 2. The van der Waals surface area contributed by atoms with Gasteiger partial charge in [0.1, 0.15) is 0 Å². The molecule has 2 aromatic rings. The number of carbonyl (C=O) groups is 1. The fourth-order valence-electron chi connectivity index (χ4n) is 1.72. The maximum Gasteiger partial charge on any atom is 0.330 e. The highest BCUT2D eigenvalue weighted by atomic mass is 35.5. The van der Waals surface area contributed by atoms with Crippen LogP contribution >= 0.6 is 11.6 Å². The molecule has 0 aliphatic rings. The lowest BCUT2D eigenvalue weighted by atomic mass is 10.3. The predicted molar refractivity (Wildman–Crippen MR) is 90.2 cm³/mol. The van der Waals surface area contributed by atoms with Gasteiger partial charge in [-0.2, -0.15) is 0 Å². The predicted octanol–water partition coefficient (Wildman–Crippen LogP) is 3.06. The molecule has 0 spiro atoms. The van der Waals surface area contributed by atoms with Gasteiger partial charge in [0.15, 0.2) is 0 Å². The summed E-state index contributed by atoms with van der Waals surface area (Å²) in [6, 6.07) is 10.7. The summed E-state index contributed by atoms with van der Waals surface area (Å²) >= 11 is 5.80. The molecule has 2 amide bonds. The lowest BCUT2D eigenvalue weighted by Gasteiger charge is -2.12. The summed E-state index contributed by atoms with van der Waals surface area (Å²) in [4.78, 5) is 22.1. The number of hydrogen-bond donors (Lipinski definition) is 2. The summed E-state index contributed by atoms with van der Waals surface area (Å²) in [6.07, 6.45) is 0. The standard InChI is InChI=1S/C14H12ClN3O4S/c1-23(22,13-7-5-12(6-8-13)18(20)21)17-14(19)16-11-4-2-3-10(15)9-11/h2-9H,1H2,(H2,16,17,19,22). The minimum Gasteiger partial charge on any atom is -0.307 e. The minimum atomic E-state index is -3.15. The second kappa shape index (κ2) is 6.67. The molecule has 0 aromatic heterocycles. The van der Waals surface area contributed by atoms with Crippen molar-refractivity contribution in [3.63, 3.8) is 0 Å². The Balaban J connectivity index is 2.11. The molecule has 0 radical (unpaired) electrons. The van der Waals surface area contributed by atoms with Gasteiger partial charge in [0.25, 0.3) is 5.69 Å². The quantitative estimate of drug-likeness (QED) is 0.501. The molecule has 0 aliphatic heterocycles. The number of benzene rings is 2. The molecule has 0 aliphatic carbocycles. The SMILES string of the molecule is C=S(=O)(NC(=O)Nc1cccc(Cl)c1)c1ccc([N+](=O)[O-])cc1. The lowest BCUT2D eigenvalue weighted by molar-refractivity contribution is -0.384. The normalized spacial score (nSPS) is 12.9. The van der Waals surface area contributed by atoms with Crippen LogP contribution in [0, 0.1) is 10.1 Å². The third-order valence-corrected chi connectivity index (χ3v) is 4.55. The first-order chi connectivity index (χ1) is 10.8. The van der Waals surface area contributed by atoms with E-state index in [1.165, 1.54) is 30.3 Å². The van der Waals surface area contributed by atoms with Crippen molar-refractivity contribution in [2.75, 3.05) is 5.32 Å². The van der Waals surface area contributed by atoms with Gasteiger partial charge in [0.2, 0.25) is 0 Å². The summed E-state index contributed by atoms with van der Waals surface area (Å²) < 4.78 is 14.7. The Labute approximate surface area is 137 Å². The number of nitro benzene ring substituents is 1. The van der Waals surface area contributed by atoms with Crippen molar-refractivity contribution in [3.05, 3.63) is 63.7 Å². The average molecular weight is 354 g/mol. The monoisotopic (exact) mass is 353 g/mol. The van der Waals surface area contributed by atoms with Crippen molar-refractivity contribution in [3.8, 4) is 0 Å². The topological polar surface area (TPSA) is 101 Å². The molecular weight excluding hydrogens is 342 g/mol. The molecule has 0 bridgehead atoms. The molecule has 0 heterocycles. The average Bonchev–Trinajstić information content (AvgIpc) is 2.46. The number of nitro groups is 1. The molecular formula is C14H12ClN3O4S. The third-order valence-electron chi connectivity index (χ3n) is 2.77. The van der Waals surface area contributed by atoms with E-state index >= 15 is 0 Å². The maximum atomic E-state index is 12.5. The van der Waals surface area contributed by atoms with E-state index in [0.29, 0.717) is 10.7 Å². The maximum absolute atomic E-state index is 12.5. The zero-order valence-electron chi connectivity index (χ0n) is 11.7. The molecule has 23 heavy (non-hydrogen) atoms. The van der Waals surface area contributed by atoms with E-state index in [-0.39, 0.29) is 10.6 Å². The smallest absolute Gasteiger partial charge is 0.307 e. The number of anilines is 1. The van der Waals surface area contributed by atoms with E-state index in [1.54, 1.807) is 18.2 Å². The number of carbonyl (C=O) groups excluding carboxylic acids is 1. The van der Waals surface area contributed by atoms with Gasteiger partial charge in [-0.05, 0) is 36.2 Å². The van der Waals surface area contributed by atoms with Crippen LogP contribution in [0.5, 0.6) is 0 Å². The van der Waals surface area contributed by atoms with Gasteiger partial charge in [-0.25, -0.2) is 9.00 Å². The Kier molecular flexibility index (Phi) is 4.87. The van der Waals surface area contributed by atoms with Crippen LogP contribution < -0.4 is 10.0 Å². The second-order valence-corrected chi connectivity index (χ2v) is 6.96. The van der Waals surface area contributed by atoms with Crippen LogP contribution in [0.25, 0.3) is 0 Å². The van der Waals surface area contributed by atoms with E-state index in [0.717, 1.165) is 0 Å². The van der Waals surface area contributed by atoms with Crippen LogP contribution in [-0.4, -0.2) is 21.0 Å². The summed E-state index contributed by atoms with van der Waals surface area (Å²) in [5.41, 5.74) is 0.279. The van der Waals surface area contributed by atoms with Gasteiger partial charge in [0, 0.05) is 22.8 Å². The summed E-state index contributed by atoms with van der Waals surface area (Å²) in [5, 5.41) is 13.5. The van der Waals surface area contributed by atoms with Crippen LogP contribution in [0.15, 0.2) is 53.4 Å². The fourth-order valence-corrected chi connectivity index (χ4v) is 2.95. The fraction of sp³-hybridized carbons (Fsp3) is 0. The van der Waals surface area contributed by atoms with Gasteiger partial charge in [-0.1, -0.05) is 17.7 Å². The van der Waals surface area contributed by atoms with Gasteiger partial charge in [-0.3, -0.25) is 14.8 Å². The molecule has 7 nitrogen and oxygen atoms in total. The number of rotatable bonds is 4. The molecule has 120 valence electrons. The molecule has 0 fully saturated rings. The molecule has 1 unspecified atom stereocenters. The van der Waals surface area contributed by atoms with Crippen molar-refractivity contribution in [2.24, 2.45) is 0 Å². The minimum absolute atomic E-state index is 0.146. The molecule has 2 aromatic carbocycles. The Bertz CT molecular complexity index is 851. The van der Waals surface area contributed by atoms with Crippen LogP contribution in [0.1, 0.15) is 0 Å². The van der Waals surface area contributed by atoms with Crippen molar-refractivity contribution < 1.29 is 13.9 Å². The first kappa shape index (κ1) is 16.8. The molecule has 2 N–H and O–H groups in total. The van der Waals surface area contributed by atoms with Gasteiger partial charge < -0.3 is 5.32 Å². The first-order valence-corrected chi connectivity index (χ1v) is 8.34. The van der Waals surface area contributed by atoms with E-state index in [9.17, 15) is 19.1 Å². The van der Waals surface area contributed by atoms with E-state index in [1.807, 2.05) is 0 Å². The zero-order valence-corrected chi connectivity index (χ0v) is 13.3. The van der Waals surface area contributed by atoms with Crippen molar-refractivity contribution in [2.45, 2.75) is 4.90 Å². The number of nitrogens with one attached hydrogen (secondary N) is 2. The van der Waals surface area contributed by atoms with Crippen molar-refractivity contribution >= 4 is 44.6 Å². The Morgan fingerprint density at radius 3 is 2.43 bits per heavy atom. The highest BCUT2D eigenvalue weighted by Crippen LogP contribution is 2.17. The van der Waals surface area contributed by atoms with Crippen LogP contribution in [0.4, 0.5) is 16.2 Å². The lowest BCUT2D eigenvalue weighted by Crippen LogP contribution is -2.34. The molecule has 2 rings (SSSR count). The Hall–Kier alpha value is -2.58. The first-order valence-electron chi connectivity index (χ1n) is 6.24. The number of non-ortho nitro benzene ring substituents is 1. The van der Waals surface area contributed by atoms with Crippen LogP contribution in [0.2, 0.25) is 5.02 Å². The third kappa shape index (κ3) is 4.44. The largest absolute Gasteiger partial charge is 0.330 e. The van der Waals surface area contributed by atoms with E-state index in [2.05, 4.69) is 15.9 Å². The summed E-state index contributed by atoms with van der Waals surface area (Å²) in [7, 11) is -3.15. The van der Waals surface area contributed by atoms with Crippen LogP contribution in [0.3, 0.4) is 0 Å². The Morgan fingerprint density at radius 2 is 1.87 bits per heavy atom. The van der Waals surface area contributed by atoms with Crippen molar-refractivity contribution in [1.82, 2.24) is 4.72 Å². The highest BCUT2D eigenvalue weighted by Gasteiger charge is 2.14. The number of halogens is 1. The molecule has 1 atom stereocenters.